The van der Waals surface area contributed by atoms with Crippen LogP contribution in [0.5, 0.6) is 0 Å². The Hall–Kier alpha value is -2.00. The summed E-state index contributed by atoms with van der Waals surface area (Å²) in [6.07, 6.45) is -3.12. The van der Waals surface area contributed by atoms with Gasteiger partial charge in [-0.05, 0) is 12.1 Å². The SMILES string of the molecule is O=[N+]([O-])c1ccc2ccn([C@H]3OC[C@@H](O)[C@@H](O)[C@@H]3O)c2c1. The third-order valence-electron chi connectivity index (χ3n) is 3.67. The Morgan fingerprint density at radius 3 is 2.71 bits per heavy atom. The van der Waals surface area contributed by atoms with Crippen LogP contribution in [0.4, 0.5) is 5.69 Å². The zero-order valence-corrected chi connectivity index (χ0v) is 10.9. The molecule has 112 valence electrons. The van der Waals surface area contributed by atoms with Crippen LogP contribution in [0, 0.1) is 10.1 Å². The minimum Gasteiger partial charge on any atom is -0.388 e. The Labute approximate surface area is 119 Å². The molecule has 0 saturated carbocycles. The van der Waals surface area contributed by atoms with Crippen LogP contribution in [0.3, 0.4) is 0 Å². The van der Waals surface area contributed by atoms with Gasteiger partial charge >= 0.3 is 0 Å². The lowest BCUT2D eigenvalue weighted by molar-refractivity contribution is -0.384. The second-order valence-electron chi connectivity index (χ2n) is 5.00. The molecule has 2 aromatic rings. The predicted molar refractivity (Wildman–Crippen MR) is 71.6 cm³/mol. The maximum atomic E-state index is 10.9. The lowest BCUT2D eigenvalue weighted by Crippen LogP contribution is -2.50. The van der Waals surface area contributed by atoms with Gasteiger partial charge in [-0.2, -0.15) is 0 Å². The number of nitro benzene ring substituents is 1. The number of aliphatic hydroxyl groups is 3. The van der Waals surface area contributed by atoms with Gasteiger partial charge in [0.2, 0.25) is 0 Å². The van der Waals surface area contributed by atoms with Gasteiger partial charge in [-0.15, -0.1) is 0 Å². The van der Waals surface area contributed by atoms with Gasteiger partial charge < -0.3 is 24.6 Å². The molecule has 0 radical (unpaired) electrons. The van der Waals surface area contributed by atoms with E-state index in [0.29, 0.717) is 5.52 Å². The molecule has 0 spiro atoms. The molecular weight excluding hydrogens is 280 g/mol. The second-order valence-corrected chi connectivity index (χ2v) is 5.00. The summed E-state index contributed by atoms with van der Waals surface area (Å²) in [5, 5.41) is 40.8. The van der Waals surface area contributed by atoms with Crippen molar-refractivity contribution in [2.24, 2.45) is 0 Å². The van der Waals surface area contributed by atoms with Gasteiger partial charge in [0.05, 0.1) is 17.0 Å². The van der Waals surface area contributed by atoms with Crippen molar-refractivity contribution < 1.29 is 25.0 Å². The first kappa shape index (κ1) is 14.0. The smallest absolute Gasteiger partial charge is 0.271 e. The highest BCUT2D eigenvalue weighted by Crippen LogP contribution is 2.30. The molecule has 1 saturated heterocycles. The lowest BCUT2D eigenvalue weighted by Gasteiger charge is -2.36. The largest absolute Gasteiger partial charge is 0.388 e. The molecule has 2 heterocycles. The predicted octanol–water partition coefficient (Wildman–Crippen LogP) is 0.161. The fourth-order valence-electron chi connectivity index (χ4n) is 2.51. The van der Waals surface area contributed by atoms with Crippen molar-refractivity contribution in [1.82, 2.24) is 4.57 Å². The highest BCUT2D eigenvalue weighted by atomic mass is 16.6. The Bertz CT molecular complexity index is 684. The molecular formula is C13H14N2O6. The molecule has 0 unspecified atom stereocenters. The molecule has 1 fully saturated rings. The van der Waals surface area contributed by atoms with E-state index in [1.54, 1.807) is 18.3 Å². The molecule has 3 rings (SSSR count). The minimum atomic E-state index is -1.33. The van der Waals surface area contributed by atoms with E-state index >= 15 is 0 Å². The summed E-state index contributed by atoms with van der Waals surface area (Å²) >= 11 is 0. The lowest BCUT2D eigenvalue weighted by atomic mass is 10.0. The van der Waals surface area contributed by atoms with Gasteiger partial charge in [0, 0.05) is 23.7 Å². The summed E-state index contributed by atoms with van der Waals surface area (Å²) in [7, 11) is 0. The average Bonchev–Trinajstić information content (AvgIpc) is 2.88. The first-order valence-corrected chi connectivity index (χ1v) is 6.40. The number of hydrogen-bond donors (Lipinski definition) is 3. The number of aliphatic hydroxyl groups excluding tert-OH is 3. The number of benzene rings is 1. The van der Waals surface area contributed by atoms with Crippen LogP contribution in [0.1, 0.15) is 6.23 Å². The van der Waals surface area contributed by atoms with E-state index in [4.69, 9.17) is 4.74 Å². The van der Waals surface area contributed by atoms with Crippen LogP contribution in [0.15, 0.2) is 30.5 Å². The summed E-state index contributed by atoms with van der Waals surface area (Å²) in [4.78, 5) is 10.3. The summed E-state index contributed by atoms with van der Waals surface area (Å²) < 4.78 is 6.87. The van der Waals surface area contributed by atoms with E-state index in [0.717, 1.165) is 5.39 Å². The quantitative estimate of drug-likeness (QED) is 0.536. The number of ether oxygens (including phenoxy) is 1. The van der Waals surface area contributed by atoms with Crippen molar-refractivity contribution >= 4 is 16.6 Å². The molecule has 3 N–H and O–H groups in total. The Morgan fingerprint density at radius 2 is 2.00 bits per heavy atom. The zero-order chi connectivity index (χ0) is 15.1. The molecule has 0 aliphatic carbocycles. The fraction of sp³-hybridized carbons (Fsp3) is 0.385. The number of aromatic nitrogens is 1. The van der Waals surface area contributed by atoms with Crippen molar-refractivity contribution in [3.8, 4) is 0 Å². The number of hydrogen-bond acceptors (Lipinski definition) is 6. The topological polar surface area (TPSA) is 118 Å². The molecule has 0 bridgehead atoms. The third-order valence-corrected chi connectivity index (χ3v) is 3.67. The molecule has 1 aliphatic rings. The van der Waals surface area contributed by atoms with Crippen LogP contribution < -0.4 is 0 Å². The fourth-order valence-corrected chi connectivity index (χ4v) is 2.51. The van der Waals surface area contributed by atoms with E-state index in [1.807, 2.05) is 0 Å². The summed E-state index contributed by atoms with van der Waals surface area (Å²) in [6, 6.07) is 6.10. The standard InChI is InChI=1S/C13H14N2O6/c16-10-6-21-13(12(18)11(10)17)14-4-3-7-1-2-8(15(19)20)5-9(7)14/h1-5,10-13,16-18H,6H2/t10-,11-,12+,13+/m1/s1. The molecule has 4 atom stereocenters. The van der Waals surface area contributed by atoms with E-state index in [1.165, 1.54) is 16.7 Å². The Kier molecular flexibility index (Phi) is 3.38. The summed E-state index contributed by atoms with van der Waals surface area (Å²) in [5.74, 6) is 0. The van der Waals surface area contributed by atoms with E-state index in [-0.39, 0.29) is 12.3 Å². The molecule has 1 aromatic carbocycles. The van der Waals surface area contributed by atoms with Crippen LogP contribution in [0.25, 0.3) is 10.9 Å². The highest BCUT2D eigenvalue weighted by molar-refractivity contribution is 5.82. The van der Waals surface area contributed by atoms with E-state index in [2.05, 4.69) is 0 Å². The average molecular weight is 294 g/mol. The van der Waals surface area contributed by atoms with Gasteiger partial charge in [-0.25, -0.2) is 0 Å². The van der Waals surface area contributed by atoms with Crippen LogP contribution >= 0.6 is 0 Å². The molecule has 21 heavy (non-hydrogen) atoms. The monoisotopic (exact) mass is 294 g/mol. The highest BCUT2D eigenvalue weighted by Gasteiger charge is 2.38. The molecule has 1 aliphatic heterocycles. The number of nitro groups is 1. The maximum absolute atomic E-state index is 10.9. The van der Waals surface area contributed by atoms with E-state index in [9.17, 15) is 25.4 Å². The minimum absolute atomic E-state index is 0.0756. The van der Waals surface area contributed by atoms with Crippen molar-refractivity contribution in [3.05, 3.63) is 40.6 Å². The number of rotatable bonds is 2. The van der Waals surface area contributed by atoms with Crippen molar-refractivity contribution in [3.63, 3.8) is 0 Å². The number of non-ortho nitro benzene ring substituents is 1. The summed E-state index contributed by atoms with van der Waals surface area (Å²) in [6.45, 7) is -0.127. The number of fused-ring (bicyclic) bond motifs is 1. The van der Waals surface area contributed by atoms with Crippen LogP contribution in [-0.4, -0.2) is 49.7 Å². The number of nitrogens with zero attached hydrogens (tertiary/aromatic N) is 2. The maximum Gasteiger partial charge on any atom is 0.271 e. The molecule has 8 nitrogen and oxygen atoms in total. The molecule has 8 heteroatoms. The van der Waals surface area contributed by atoms with Gasteiger partial charge in [0.25, 0.3) is 5.69 Å². The Morgan fingerprint density at radius 1 is 1.24 bits per heavy atom. The third kappa shape index (κ3) is 2.28. The van der Waals surface area contributed by atoms with Gasteiger partial charge in [-0.3, -0.25) is 10.1 Å². The van der Waals surface area contributed by atoms with E-state index < -0.39 is 29.5 Å². The van der Waals surface area contributed by atoms with Crippen LogP contribution in [-0.2, 0) is 4.74 Å². The summed E-state index contributed by atoms with van der Waals surface area (Å²) in [5.41, 5.74) is 0.435. The Balaban J connectivity index is 2.04. The van der Waals surface area contributed by atoms with Crippen molar-refractivity contribution in [2.45, 2.75) is 24.5 Å². The molecule has 1 aromatic heterocycles. The van der Waals surface area contributed by atoms with Crippen molar-refractivity contribution in [1.29, 1.82) is 0 Å². The van der Waals surface area contributed by atoms with Crippen molar-refractivity contribution in [2.75, 3.05) is 6.61 Å². The zero-order valence-electron chi connectivity index (χ0n) is 10.9. The first-order chi connectivity index (χ1) is 9.99. The van der Waals surface area contributed by atoms with Crippen LogP contribution in [0.2, 0.25) is 0 Å². The molecule has 0 amide bonds. The normalized spacial score (nSPS) is 29.7. The first-order valence-electron chi connectivity index (χ1n) is 6.40. The van der Waals surface area contributed by atoms with Gasteiger partial charge in [0.1, 0.15) is 18.3 Å². The van der Waals surface area contributed by atoms with Gasteiger partial charge in [-0.1, -0.05) is 0 Å². The van der Waals surface area contributed by atoms with Gasteiger partial charge in [0.15, 0.2) is 6.23 Å². The second kappa shape index (κ2) is 5.08.